The van der Waals surface area contributed by atoms with Crippen molar-refractivity contribution >= 4 is 23.2 Å². The first-order valence-electron chi connectivity index (χ1n) is 7.77. The van der Waals surface area contributed by atoms with E-state index in [-0.39, 0.29) is 11.4 Å². The number of anilines is 1. The van der Waals surface area contributed by atoms with Crippen molar-refractivity contribution < 1.29 is 18.0 Å². The summed E-state index contributed by atoms with van der Waals surface area (Å²) in [6.07, 6.45) is -4.48. The number of alkyl halides is 3. The Kier molecular flexibility index (Phi) is 5.13. The number of carbonyl (C=O) groups is 1. The molecule has 0 aliphatic heterocycles. The molecule has 1 unspecified atom stereocenters. The second kappa shape index (κ2) is 7.36. The lowest BCUT2D eigenvalue weighted by Gasteiger charge is -2.11. The number of nitrogens with zero attached hydrogens (tertiary/aromatic N) is 4. The minimum Gasteiger partial charge on any atom is -0.324 e. The van der Waals surface area contributed by atoms with E-state index in [1.54, 1.807) is 24.3 Å². The van der Waals surface area contributed by atoms with Gasteiger partial charge >= 0.3 is 6.18 Å². The number of carbonyl (C=O) groups excluding carboxylic acids is 1. The van der Waals surface area contributed by atoms with Crippen molar-refractivity contribution in [1.29, 1.82) is 0 Å². The van der Waals surface area contributed by atoms with Gasteiger partial charge in [-0.1, -0.05) is 29.8 Å². The normalized spacial score (nSPS) is 12.6. The van der Waals surface area contributed by atoms with Crippen molar-refractivity contribution in [3.8, 4) is 11.4 Å². The van der Waals surface area contributed by atoms with Crippen LogP contribution in [0.5, 0.6) is 0 Å². The molecule has 0 saturated carbocycles. The van der Waals surface area contributed by atoms with Gasteiger partial charge < -0.3 is 5.32 Å². The van der Waals surface area contributed by atoms with Crippen molar-refractivity contribution in [2.24, 2.45) is 0 Å². The van der Waals surface area contributed by atoms with Gasteiger partial charge in [0.05, 0.1) is 5.56 Å². The Bertz CT molecular complexity index is 973. The maximum atomic E-state index is 12.8. The van der Waals surface area contributed by atoms with E-state index in [0.29, 0.717) is 10.7 Å². The van der Waals surface area contributed by atoms with Gasteiger partial charge in [-0.25, -0.2) is 0 Å². The van der Waals surface area contributed by atoms with Crippen LogP contribution in [0.3, 0.4) is 0 Å². The summed E-state index contributed by atoms with van der Waals surface area (Å²) in [6.45, 7) is 1.54. The zero-order chi connectivity index (χ0) is 19.6. The van der Waals surface area contributed by atoms with Gasteiger partial charge in [-0.05, 0) is 42.5 Å². The first-order valence-corrected chi connectivity index (χ1v) is 8.15. The molecule has 0 aliphatic carbocycles. The average Bonchev–Trinajstić information content (AvgIpc) is 3.10. The topological polar surface area (TPSA) is 72.7 Å². The van der Waals surface area contributed by atoms with Gasteiger partial charge in [0, 0.05) is 16.3 Å². The third-order valence-electron chi connectivity index (χ3n) is 3.69. The smallest absolute Gasteiger partial charge is 0.324 e. The second-order valence-electron chi connectivity index (χ2n) is 5.69. The molecule has 2 aromatic carbocycles. The number of benzene rings is 2. The van der Waals surface area contributed by atoms with Gasteiger partial charge in [-0.15, -0.1) is 10.2 Å². The predicted molar refractivity (Wildman–Crippen MR) is 93.0 cm³/mol. The van der Waals surface area contributed by atoms with Crippen molar-refractivity contribution in [1.82, 2.24) is 20.2 Å². The summed E-state index contributed by atoms with van der Waals surface area (Å²) in [7, 11) is 0. The van der Waals surface area contributed by atoms with Gasteiger partial charge in [-0.2, -0.15) is 18.0 Å². The molecule has 0 aliphatic rings. The molecule has 1 amide bonds. The highest BCUT2D eigenvalue weighted by molar-refractivity contribution is 6.30. The number of rotatable bonds is 4. The quantitative estimate of drug-likeness (QED) is 0.718. The monoisotopic (exact) mass is 395 g/mol. The van der Waals surface area contributed by atoms with Gasteiger partial charge in [0.2, 0.25) is 5.82 Å². The third-order valence-corrected chi connectivity index (χ3v) is 3.93. The van der Waals surface area contributed by atoms with Crippen LogP contribution in [-0.4, -0.2) is 26.1 Å². The SMILES string of the molecule is CC(C(=O)Nc1cccc(Cl)c1)n1nnc(-c2cccc(C(F)(F)F)c2)n1. The maximum absolute atomic E-state index is 12.8. The van der Waals surface area contributed by atoms with Crippen LogP contribution < -0.4 is 5.32 Å². The molecule has 10 heteroatoms. The van der Waals surface area contributed by atoms with Gasteiger partial charge in [0.25, 0.3) is 5.91 Å². The lowest BCUT2D eigenvalue weighted by Crippen LogP contribution is -2.25. The van der Waals surface area contributed by atoms with Crippen molar-refractivity contribution in [3.05, 3.63) is 59.1 Å². The van der Waals surface area contributed by atoms with Crippen LogP contribution in [0.2, 0.25) is 5.02 Å². The molecule has 0 fully saturated rings. The Morgan fingerprint density at radius 1 is 1.19 bits per heavy atom. The standard InChI is InChI=1S/C17H13ClF3N5O/c1-10(16(27)22-14-7-3-6-13(18)9-14)26-24-15(23-25-26)11-4-2-5-12(8-11)17(19,20)21/h2-10H,1H3,(H,22,27). The maximum Gasteiger partial charge on any atom is 0.416 e. The zero-order valence-corrected chi connectivity index (χ0v) is 14.7. The molecule has 1 atom stereocenters. The fourth-order valence-corrected chi connectivity index (χ4v) is 2.45. The highest BCUT2D eigenvalue weighted by atomic mass is 35.5. The first kappa shape index (κ1) is 18.8. The lowest BCUT2D eigenvalue weighted by molar-refractivity contribution is -0.137. The van der Waals surface area contributed by atoms with Crippen molar-refractivity contribution in [2.75, 3.05) is 5.32 Å². The summed E-state index contributed by atoms with van der Waals surface area (Å²) >= 11 is 5.87. The van der Waals surface area contributed by atoms with Crippen LogP contribution in [0.25, 0.3) is 11.4 Å². The first-order chi connectivity index (χ1) is 12.7. The molecular formula is C17H13ClF3N5O. The van der Waals surface area contributed by atoms with Gasteiger partial charge in [0.15, 0.2) is 0 Å². The summed E-state index contributed by atoms with van der Waals surface area (Å²) in [6, 6.07) is 10.3. The summed E-state index contributed by atoms with van der Waals surface area (Å²) < 4.78 is 38.5. The predicted octanol–water partition coefficient (Wildman–Crippen LogP) is 4.21. The van der Waals surface area contributed by atoms with Crippen LogP contribution >= 0.6 is 11.6 Å². The highest BCUT2D eigenvalue weighted by Crippen LogP contribution is 2.31. The number of amides is 1. The van der Waals surface area contributed by atoms with E-state index in [2.05, 4.69) is 20.7 Å². The van der Waals surface area contributed by atoms with E-state index in [4.69, 9.17) is 11.6 Å². The van der Waals surface area contributed by atoms with E-state index in [0.717, 1.165) is 16.9 Å². The Hall–Kier alpha value is -2.94. The number of hydrogen-bond acceptors (Lipinski definition) is 4. The Labute approximate surface area is 157 Å². The van der Waals surface area contributed by atoms with E-state index in [1.807, 2.05) is 0 Å². The number of aromatic nitrogens is 4. The van der Waals surface area contributed by atoms with E-state index >= 15 is 0 Å². The summed E-state index contributed by atoms with van der Waals surface area (Å²) in [5.41, 5.74) is -0.167. The Morgan fingerprint density at radius 3 is 2.63 bits per heavy atom. The Morgan fingerprint density at radius 2 is 1.93 bits per heavy atom. The van der Waals surface area contributed by atoms with Crippen LogP contribution in [0.15, 0.2) is 48.5 Å². The molecule has 1 aromatic heterocycles. The molecule has 140 valence electrons. The van der Waals surface area contributed by atoms with Crippen LogP contribution in [-0.2, 0) is 11.0 Å². The number of nitrogens with one attached hydrogen (secondary N) is 1. The fourth-order valence-electron chi connectivity index (χ4n) is 2.26. The minimum atomic E-state index is -4.48. The van der Waals surface area contributed by atoms with E-state index in [9.17, 15) is 18.0 Å². The molecule has 0 bridgehead atoms. The van der Waals surface area contributed by atoms with Crippen LogP contribution in [0.1, 0.15) is 18.5 Å². The van der Waals surface area contributed by atoms with Crippen LogP contribution in [0.4, 0.5) is 18.9 Å². The van der Waals surface area contributed by atoms with E-state index < -0.39 is 23.7 Å². The second-order valence-corrected chi connectivity index (χ2v) is 6.12. The molecule has 1 N–H and O–H groups in total. The molecule has 3 rings (SSSR count). The van der Waals surface area contributed by atoms with E-state index in [1.165, 1.54) is 19.1 Å². The molecule has 3 aromatic rings. The van der Waals surface area contributed by atoms with Crippen LogP contribution in [0, 0.1) is 0 Å². The van der Waals surface area contributed by atoms with Crippen molar-refractivity contribution in [2.45, 2.75) is 19.1 Å². The molecule has 6 nitrogen and oxygen atoms in total. The lowest BCUT2D eigenvalue weighted by atomic mass is 10.1. The highest BCUT2D eigenvalue weighted by Gasteiger charge is 2.31. The molecule has 0 saturated heterocycles. The largest absolute Gasteiger partial charge is 0.416 e. The summed E-state index contributed by atoms with van der Waals surface area (Å²) in [4.78, 5) is 13.4. The van der Waals surface area contributed by atoms with Crippen molar-refractivity contribution in [3.63, 3.8) is 0 Å². The fraction of sp³-hybridized carbons (Fsp3) is 0.176. The summed E-state index contributed by atoms with van der Waals surface area (Å²) in [5, 5.41) is 14.7. The minimum absolute atomic E-state index is 0.0106. The van der Waals surface area contributed by atoms with Gasteiger partial charge in [0.1, 0.15) is 6.04 Å². The molecule has 1 heterocycles. The molecular weight excluding hydrogens is 383 g/mol. The number of hydrogen-bond donors (Lipinski definition) is 1. The zero-order valence-electron chi connectivity index (χ0n) is 13.9. The Balaban J connectivity index is 1.78. The average molecular weight is 396 g/mol. The molecule has 0 radical (unpaired) electrons. The molecule has 0 spiro atoms. The summed E-state index contributed by atoms with van der Waals surface area (Å²) in [5.74, 6) is -0.436. The third kappa shape index (κ3) is 4.43. The number of halogens is 4. The molecule has 27 heavy (non-hydrogen) atoms. The van der Waals surface area contributed by atoms with Gasteiger partial charge in [-0.3, -0.25) is 4.79 Å². The number of tetrazole rings is 1.